The number of ether oxygens (including phenoxy) is 1. The quantitative estimate of drug-likeness (QED) is 0.648. The van der Waals surface area contributed by atoms with Crippen LogP contribution in [0.15, 0.2) is 42.5 Å². The molecule has 0 unspecified atom stereocenters. The molecule has 0 aliphatic rings. The van der Waals surface area contributed by atoms with E-state index >= 15 is 0 Å². The molecular weight excluding hydrogens is 332 g/mol. The first kappa shape index (κ1) is 17.2. The zero-order valence-electron chi connectivity index (χ0n) is 12.9. The standard InChI is InChI=1S/C17H17ClN2O2S/c1-11-3-5-12(6-4-11)10-19-17(23)20-15-9-13(16(21)22-2)7-8-14(15)18/h3-9H,10H2,1-2H3,(H2,19,20,23). The van der Waals surface area contributed by atoms with Gasteiger partial charge in [0, 0.05) is 6.54 Å². The average molecular weight is 349 g/mol. The number of carbonyl (C=O) groups is 1. The summed E-state index contributed by atoms with van der Waals surface area (Å²) in [7, 11) is 1.33. The Morgan fingerprint density at radius 1 is 1.22 bits per heavy atom. The first-order chi connectivity index (χ1) is 11.0. The van der Waals surface area contributed by atoms with E-state index in [1.54, 1.807) is 18.2 Å². The van der Waals surface area contributed by atoms with Gasteiger partial charge in [-0.15, -0.1) is 0 Å². The Morgan fingerprint density at radius 2 is 1.91 bits per heavy atom. The summed E-state index contributed by atoms with van der Waals surface area (Å²) in [6.07, 6.45) is 0. The van der Waals surface area contributed by atoms with Gasteiger partial charge in [-0.1, -0.05) is 41.4 Å². The molecule has 4 nitrogen and oxygen atoms in total. The number of anilines is 1. The minimum absolute atomic E-state index is 0.403. The molecule has 0 heterocycles. The van der Waals surface area contributed by atoms with Crippen molar-refractivity contribution in [2.45, 2.75) is 13.5 Å². The molecule has 23 heavy (non-hydrogen) atoms. The molecule has 0 radical (unpaired) electrons. The van der Waals surface area contributed by atoms with Crippen molar-refractivity contribution in [3.8, 4) is 0 Å². The van der Waals surface area contributed by atoms with Crippen molar-refractivity contribution in [2.24, 2.45) is 0 Å². The number of aryl methyl sites for hydroxylation is 1. The molecule has 2 aromatic carbocycles. The van der Waals surface area contributed by atoms with Crippen molar-refractivity contribution in [3.05, 3.63) is 64.2 Å². The summed E-state index contributed by atoms with van der Waals surface area (Å²) >= 11 is 11.4. The van der Waals surface area contributed by atoms with Crippen LogP contribution in [0.25, 0.3) is 0 Å². The zero-order chi connectivity index (χ0) is 16.8. The summed E-state index contributed by atoms with van der Waals surface area (Å²) in [5.74, 6) is -0.428. The number of halogens is 1. The fraction of sp³-hybridized carbons (Fsp3) is 0.176. The van der Waals surface area contributed by atoms with Crippen LogP contribution in [0.4, 0.5) is 5.69 Å². The molecule has 0 aliphatic carbocycles. The van der Waals surface area contributed by atoms with Crippen LogP contribution >= 0.6 is 23.8 Å². The van der Waals surface area contributed by atoms with E-state index in [-0.39, 0.29) is 0 Å². The highest BCUT2D eigenvalue weighted by Crippen LogP contribution is 2.23. The van der Waals surface area contributed by atoms with Gasteiger partial charge in [0.05, 0.1) is 23.4 Å². The lowest BCUT2D eigenvalue weighted by Crippen LogP contribution is -2.28. The smallest absolute Gasteiger partial charge is 0.337 e. The lowest BCUT2D eigenvalue weighted by Gasteiger charge is -2.13. The number of rotatable bonds is 4. The van der Waals surface area contributed by atoms with Crippen LogP contribution in [-0.2, 0) is 11.3 Å². The van der Waals surface area contributed by atoms with Crippen molar-refractivity contribution in [1.29, 1.82) is 0 Å². The average Bonchev–Trinajstić information content (AvgIpc) is 2.55. The summed E-state index contributed by atoms with van der Waals surface area (Å²) in [6, 6.07) is 13.0. The molecule has 0 atom stereocenters. The molecule has 6 heteroatoms. The third-order valence-electron chi connectivity index (χ3n) is 3.21. The zero-order valence-corrected chi connectivity index (χ0v) is 14.4. The van der Waals surface area contributed by atoms with Crippen LogP contribution in [0.5, 0.6) is 0 Å². The van der Waals surface area contributed by atoms with Crippen LogP contribution < -0.4 is 10.6 Å². The Kier molecular flexibility index (Phi) is 5.96. The van der Waals surface area contributed by atoms with Crippen LogP contribution in [0.2, 0.25) is 5.02 Å². The number of nitrogens with one attached hydrogen (secondary N) is 2. The Morgan fingerprint density at radius 3 is 2.57 bits per heavy atom. The number of esters is 1. The number of carbonyl (C=O) groups excluding carboxylic acids is 1. The molecule has 0 spiro atoms. The molecule has 2 aromatic rings. The van der Waals surface area contributed by atoms with E-state index < -0.39 is 5.97 Å². The summed E-state index contributed by atoms with van der Waals surface area (Å²) in [5.41, 5.74) is 3.28. The van der Waals surface area contributed by atoms with E-state index in [2.05, 4.69) is 10.6 Å². The molecule has 2 N–H and O–H groups in total. The molecular formula is C17H17ClN2O2S. The Balaban J connectivity index is 1.99. The van der Waals surface area contributed by atoms with Crippen LogP contribution in [0.3, 0.4) is 0 Å². The predicted molar refractivity (Wildman–Crippen MR) is 97.0 cm³/mol. The van der Waals surface area contributed by atoms with Gasteiger partial charge in [-0.05, 0) is 42.9 Å². The summed E-state index contributed by atoms with van der Waals surface area (Å²) in [5, 5.41) is 6.99. The highest BCUT2D eigenvalue weighted by atomic mass is 35.5. The van der Waals surface area contributed by atoms with Gasteiger partial charge in [-0.3, -0.25) is 0 Å². The molecule has 0 aliphatic heterocycles. The maximum Gasteiger partial charge on any atom is 0.337 e. The molecule has 0 fully saturated rings. The molecule has 0 amide bonds. The Labute approximate surface area is 145 Å². The lowest BCUT2D eigenvalue weighted by molar-refractivity contribution is 0.0601. The molecule has 0 saturated carbocycles. The summed E-state index contributed by atoms with van der Waals surface area (Å²) < 4.78 is 4.69. The van der Waals surface area contributed by atoms with Gasteiger partial charge in [0.2, 0.25) is 0 Å². The second-order valence-corrected chi connectivity index (χ2v) is 5.79. The minimum atomic E-state index is -0.428. The predicted octanol–water partition coefficient (Wildman–Crippen LogP) is 3.92. The summed E-state index contributed by atoms with van der Waals surface area (Å²) in [6.45, 7) is 2.64. The van der Waals surface area contributed by atoms with Gasteiger partial charge in [0.15, 0.2) is 5.11 Å². The maximum atomic E-state index is 11.6. The number of methoxy groups -OCH3 is 1. The second kappa shape index (κ2) is 7.94. The van der Waals surface area contributed by atoms with Crippen molar-refractivity contribution in [1.82, 2.24) is 5.32 Å². The molecule has 2 rings (SSSR count). The number of thiocarbonyl (C=S) groups is 1. The van der Waals surface area contributed by atoms with Crippen molar-refractivity contribution in [3.63, 3.8) is 0 Å². The van der Waals surface area contributed by atoms with E-state index in [0.29, 0.717) is 27.9 Å². The van der Waals surface area contributed by atoms with E-state index in [9.17, 15) is 4.79 Å². The third-order valence-corrected chi connectivity index (χ3v) is 3.79. The molecule has 0 aromatic heterocycles. The van der Waals surface area contributed by atoms with Gasteiger partial charge >= 0.3 is 5.97 Å². The molecule has 0 saturated heterocycles. The second-order valence-electron chi connectivity index (χ2n) is 4.98. The van der Waals surface area contributed by atoms with E-state index in [1.165, 1.54) is 12.7 Å². The topological polar surface area (TPSA) is 50.4 Å². The van der Waals surface area contributed by atoms with Crippen LogP contribution in [-0.4, -0.2) is 18.2 Å². The molecule has 120 valence electrons. The Hall–Kier alpha value is -2.11. The van der Waals surface area contributed by atoms with Crippen LogP contribution in [0.1, 0.15) is 21.5 Å². The highest BCUT2D eigenvalue weighted by molar-refractivity contribution is 7.80. The normalized spacial score (nSPS) is 10.0. The Bertz CT molecular complexity index is 717. The largest absolute Gasteiger partial charge is 0.465 e. The minimum Gasteiger partial charge on any atom is -0.465 e. The van der Waals surface area contributed by atoms with Crippen LogP contribution in [0, 0.1) is 6.92 Å². The maximum absolute atomic E-state index is 11.6. The third kappa shape index (κ3) is 4.94. The van der Waals surface area contributed by atoms with E-state index in [4.69, 9.17) is 28.6 Å². The SMILES string of the molecule is COC(=O)c1ccc(Cl)c(NC(=S)NCc2ccc(C)cc2)c1. The van der Waals surface area contributed by atoms with Crippen molar-refractivity contribution in [2.75, 3.05) is 12.4 Å². The van der Waals surface area contributed by atoms with Gasteiger partial charge < -0.3 is 15.4 Å². The fourth-order valence-electron chi connectivity index (χ4n) is 1.92. The number of hydrogen-bond donors (Lipinski definition) is 2. The number of hydrogen-bond acceptors (Lipinski definition) is 3. The van der Waals surface area contributed by atoms with Gasteiger partial charge in [0.1, 0.15) is 0 Å². The first-order valence-electron chi connectivity index (χ1n) is 6.98. The van der Waals surface area contributed by atoms with Gasteiger partial charge in [-0.25, -0.2) is 4.79 Å². The lowest BCUT2D eigenvalue weighted by atomic mass is 10.1. The first-order valence-corrected chi connectivity index (χ1v) is 7.76. The summed E-state index contributed by atoms with van der Waals surface area (Å²) in [4.78, 5) is 11.6. The number of benzene rings is 2. The van der Waals surface area contributed by atoms with Gasteiger partial charge in [0.25, 0.3) is 0 Å². The fourth-order valence-corrected chi connectivity index (χ4v) is 2.27. The van der Waals surface area contributed by atoms with Crippen molar-refractivity contribution >= 4 is 40.6 Å². The van der Waals surface area contributed by atoms with Crippen molar-refractivity contribution < 1.29 is 9.53 Å². The van der Waals surface area contributed by atoms with E-state index in [0.717, 1.165) is 5.56 Å². The van der Waals surface area contributed by atoms with Gasteiger partial charge in [-0.2, -0.15) is 0 Å². The highest BCUT2D eigenvalue weighted by Gasteiger charge is 2.10. The monoisotopic (exact) mass is 348 g/mol. The van der Waals surface area contributed by atoms with E-state index in [1.807, 2.05) is 31.2 Å². The molecule has 0 bridgehead atoms.